The number of hydrogen-bond acceptors (Lipinski definition) is 4. The maximum Gasteiger partial charge on any atom is 0.259 e. The highest BCUT2D eigenvalue weighted by Gasteiger charge is 2.27. The van der Waals surface area contributed by atoms with E-state index >= 15 is 0 Å². The van der Waals surface area contributed by atoms with E-state index in [9.17, 15) is 13.6 Å². The molecular formula is C19H19F2N5O. The summed E-state index contributed by atoms with van der Waals surface area (Å²) < 4.78 is 28.1. The zero-order valence-corrected chi connectivity index (χ0v) is 14.8. The molecule has 1 N–H and O–H groups in total. The largest absolute Gasteiger partial charge is 0.380 e. The van der Waals surface area contributed by atoms with Gasteiger partial charge in [0.1, 0.15) is 5.56 Å². The summed E-state index contributed by atoms with van der Waals surface area (Å²) in [5.41, 5.74) is 2.45. The van der Waals surface area contributed by atoms with Gasteiger partial charge in [0.15, 0.2) is 17.3 Å². The van der Waals surface area contributed by atoms with Crippen LogP contribution in [-0.4, -0.2) is 44.5 Å². The van der Waals surface area contributed by atoms with Crippen molar-refractivity contribution in [2.24, 2.45) is 0 Å². The molecule has 0 unspecified atom stereocenters. The molecule has 1 aliphatic rings. The maximum absolute atomic E-state index is 13.4. The summed E-state index contributed by atoms with van der Waals surface area (Å²) >= 11 is 0. The van der Waals surface area contributed by atoms with Crippen LogP contribution in [0, 0.1) is 18.6 Å². The topological polar surface area (TPSA) is 62.5 Å². The van der Waals surface area contributed by atoms with E-state index in [0.29, 0.717) is 30.0 Å². The van der Waals surface area contributed by atoms with E-state index in [2.05, 4.69) is 15.4 Å². The molecule has 2 aromatic heterocycles. The van der Waals surface area contributed by atoms with Crippen molar-refractivity contribution in [3.63, 3.8) is 0 Å². The van der Waals surface area contributed by atoms with Crippen molar-refractivity contribution in [2.45, 2.75) is 25.8 Å². The third kappa shape index (κ3) is 3.47. The molecule has 3 heterocycles. The van der Waals surface area contributed by atoms with Gasteiger partial charge in [0.2, 0.25) is 0 Å². The Bertz CT molecular complexity index is 1000. The minimum absolute atomic E-state index is 0.0374. The van der Waals surface area contributed by atoms with Crippen LogP contribution in [0.1, 0.15) is 28.8 Å². The number of aromatic nitrogens is 3. The highest BCUT2D eigenvalue weighted by Crippen LogP contribution is 2.20. The molecule has 0 bridgehead atoms. The highest BCUT2D eigenvalue weighted by atomic mass is 19.2. The number of rotatable bonds is 3. The number of amides is 1. The number of hydrogen-bond donors (Lipinski definition) is 1. The second-order valence-electron chi connectivity index (χ2n) is 6.82. The van der Waals surface area contributed by atoms with Gasteiger partial charge in [-0.3, -0.25) is 4.79 Å². The first-order valence-corrected chi connectivity index (χ1v) is 8.82. The number of nitrogens with one attached hydrogen (secondary N) is 1. The molecule has 1 amide bonds. The van der Waals surface area contributed by atoms with Gasteiger partial charge in [-0.2, -0.15) is 5.10 Å². The van der Waals surface area contributed by atoms with Crippen molar-refractivity contribution in [2.75, 3.05) is 18.4 Å². The summed E-state index contributed by atoms with van der Waals surface area (Å²) in [6, 6.07) is 3.69. The average molecular weight is 371 g/mol. The number of aryl methyl sites for hydroxylation is 1. The fraction of sp³-hybridized carbons (Fsp3) is 0.316. The summed E-state index contributed by atoms with van der Waals surface area (Å²) in [6.07, 6.45) is 6.73. The number of carbonyl (C=O) groups is 1. The van der Waals surface area contributed by atoms with Crippen LogP contribution in [0.25, 0.3) is 5.65 Å². The minimum Gasteiger partial charge on any atom is -0.380 e. The monoisotopic (exact) mass is 371 g/mol. The Morgan fingerprint density at radius 3 is 2.93 bits per heavy atom. The molecule has 8 heteroatoms. The number of halogens is 2. The molecule has 1 aliphatic heterocycles. The van der Waals surface area contributed by atoms with Crippen LogP contribution in [0.5, 0.6) is 0 Å². The van der Waals surface area contributed by atoms with Crippen LogP contribution >= 0.6 is 0 Å². The molecule has 3 aromatic rings. The van der Waals surface area contributed by atoms with Crippen LogP contribution in [-0.2, 0) is 0 Å². The first kappa shape index (κ1) is 17.4. The second kappa shape index (κ2) is 6.94. The third-order valence-electron chi connectivity index (χ3n) is 4.71. The van der Waals surface area contributed by atoms with Gasteiger partial charge in [0.25, 0.3) is 5.91 Å². The third-order valence-corrected chi connectivity index (χ3v) is 4.71. The van der Waals surface area contributed by atoms with Crippen LogP contribution in [0.2, 0.25) is 0 Å². The predicted octanol–water partition coefficient (Wildman–Crippen LogP) is 3.03. The Morgan fingerprint density at radius 1 is 1.26 bits per heavy atom. The van der Waals surface area contributed by atoms with Gasteiger partial charge < -0.3 is 10.2 Å². The molecule has 0 aliphatic carbocycles. The smallest absolute Gasteiger partial charge is 0.259 e. The Morgan fingerprint density at radius 2 is 2.11 bits per heavy atom. The molecule has 1 saturated heterocycles. The fourth-order valence-corrected chi connectivity index (χ4v) is 3.39. The lowest BCUT2D eigenvalue weighted by Crippen LogP contribution is -2.45. The summed E-state index contributed by atoms with van der Waals surface area (Å²) in [5, 5.41) is 7.40. The van der Waals surface area contributed by atoms with Crippen molar-refractivity contribution in [3.05, 3.63) is 59.6 Å². The van der Waals surface area contributed by atoms with Gasteiger partial charge in [-0.05, 0) is 37.5 Å². The molecule has 0 radical (unpaired) electrons. The van der Waals surface area contributed by atoms with E-state index in [4.69, 9.17) is 0 Å². The number of piperidine rings is 1. The van der Waals surface area contributed by atoms with E-state index in [1.807, 2.05) is 13.1 Å². The summed E-state index contributed by atoms with van der Waals surface area (Å²) in [7, 11) is 0. The summed E-state index contributed by atoms with van der Waals surface area (Å²) in [4.78, 5) is 19.0. The van der Waals surface area contributed by atoms with Crippen molar-refractivity contribution in [1.29, 1.82) is 0 Å². The number of nitrogens with zero attached hydrogens (tertiary/aromatic N) is 4. The van der Waals surface area contributed by atoms with Crippen LogP contribution < -0.4 is 5.32 Å². The molecule has 1 aromatic carbocycles. The van der Waals surface area contributed by atoms with Crippen molar-refractivity contribution < 1.29 is 13.6 Å². The van der Waals surface area contributed by atoms with Crippen molar-refractivity contribution in [1.82, 2.24) is 19.5 Å². The zero-order chi connectivity index (χ0) is 19.0. The van der Waals surface area contributed by atoms with E-state index in [1.54, 1.807) is 15.6 Å². The van der Waals surface area contributed by atoms with Crippen molar-refractivity contribution >= 4 is 17.2 Å². The van der Waals surface area contributed by atoms with Crippen LogP contribution in [0.15, 0.2) is 36.8 Å². The van der Waals surface area contributed by atoms with E-state index < -0.39 is 11.6 Å². The summed E-state index contributed by atoms with van der Waals surface area (Å²) in [5.74, 6) is -1.90. The number of benzene rings is 1. The molecular weight excluding hydrogens is 352 g/mol. The number of likely N-dealkylation sites (tertiary alicyclic amines) is 1. The molecule has 1 atom stereocenters. The molecule has 4 rings (SSSR count). The molecule has 6 nitrogen and oxygen atoms in total. The van der Waals surface area contributed by atoms with Gasteiger partial charge in [0.05, 0.1) is 6.20 Å². The van der Waals surface area contributed by atoms with E-state index in [1.165, 1.54) is 12.3 Å². The number of fused-ring (bicyclic) bond motifs is 1. The van der Waals surface area contributed by atoms with Gasteiger partial charge >= 0.3 is 0 Å². The van der Waals surface area contributed by atoms with E-state index in [-0.39, 0.29) is 11.9 Å². The Hall–Kier alpha value is -3.03. The van der Waals surface area contributed by atoms with Gasteiger partial charge in [-0.25, -0.2) is 18.3 Å². The first-order chi connectivity index (χ1) is 13.0. The molecule has 27 heavy (non-hydrogen) atoms. The molecule has 140 valence electrons. The number of anilines is 1. The normalized spacial score (nSPS) is 17.3. The SMILES string of the molecule is Cc1cnc2c(C(=O)N3CCC[C@H](Nc4ccc(F)c(F)c4)C3)cnn2c1. The standard InChI is InChI=1S/C19H19F2N5O/c1-12-8-22-18-15(9-23-26(18)10-12)19(27)25-6-2-3-14(11-25)24-13-4-5-16(20)17(21)7-13/h4-5,7-10,14,24H,2-3,6,11H2,1H3/t14-/m0/s1. The quantitative estimate of drug-likeness (QED) is 0.769. The first-order valence-electron chi connectivity index (χ1n) is 8.82. The van der Waals surface area contributed by atoms with Crippen LogP contribution in [0.3, 0.4) is 0 Å². The Labute approximate surface area is 154 Å². The Kier molecular flexibility index (Phi) is 4.47. The predicted molar refractivity (Wildman–Crippen MR) is 96.6 cm³/mol. The maximum atomic E-state index is 13.4. The fourth-order valence-electron chi connectivity index (χ4n) is 3.39. The minimum atomic E-state index is -0.892. The van der Waals surface area contributed by atoms with Gasteiger partial charge in [-0.1, -0.05) is 0 Å². The summed E-state index contributed by atoms with van der Waals surface area (Å²) in [6.45, 7) is 3.02. The van der Waals surface area contributed by atoms with E-state index in [0.717, 1.165) is 30.5 Å². The lowest BCUT2D eigenvalue weighted by molar-refractivity contribution is 0.0716. The second-order valence-corrected chi connectivity index (χ2v) is 6.82. The van der Waals surface area contributed by atoms with Gasteiger partial charge in [0, 0.05) is 43.3 Å². The van der Waals surface area contributed by atoms with Gasteiger partial charge in [-0.15, -0.1) is 0 Å². The lowest BCUT2D eigenvalue weighted by atomic mass is 10.0. The number of carbonyl (C=O) groups excluding carboxylic acids is 1. The lowest BCUT2D eigenvalue weighted by Gasteiger charge is -2.33. The Balaban J connectivity index is 1.50. The van der Waals surface area contributed by atoms with Crippen LogP contribution in [0.4, 0.5) is 14.5 Å². The zero-order valence-electron chi connectivity index (χ0n) is 14.8. The molecule has 1 fully saturated rings. The molecule has 0 spiro atoms. The van der Waals surface area contributed by atoms with Crippen molar-refractivity contribution in [3.8, 4) is 0 Å². The molecule has 0 saturated carbocycles. The highest BCUT2D eigenvalue weighted by molar-refractivity contribution is 5.99. The average Bonchev–Trinajstić information content (AvgIpc) is 3.07.